The molecule has 1 fully saturated rings. The van der Waals surface area contributed by atoms with Crippen molar-refractivity contribution in [3.8, 4) is 0 Å². The summed E-state index contributed by atoms with van der Waals surface area (Å²) in [5, 5.41) is 0. The molecule has 0 bridgehead atoms. The van der Waals surface area contributed by atoms with Crippen LogP contribution in [0.4, 0.5) is 0 Å². The second kappa shape index (κ2) is 5.96. The minimum Gasteiger partial charge on any atom is -0.370 e. The van der Waals surface area contributed by atoms with Crippen molar-refractivity contribution in [2.75, 3.05) is 80.8 Å². The lowest BCUT2D eigenvalue weighted by Crippen LogP contribution is -2.48. The van der Waals surface area contributed by atoms with E-state index in [-0.39, 0.29) is 0 Å². The summed E-state index contributed by atoms with van der Waals surface area (Å²) in [7, 11) is 8.94. The van der Waals surface area contributed by atoms with Gasteiger partial charge in [0.25, 0.3) is 0 Å². The van der Waals surface area contributed by atoms with E-state index < -0.39 is 0 Å². The molecule has 0 N–H and O–H groups in total. The number of likely N-dealkylation sites (N-methyl/N-ethyl adjacent to an activating group) is 2. The number of nitrogens with zero attached hydrogens (tertiary/aromatic N) is 2. The lowest BCUT2D eigenvalue weighted by atomic mass is 10.4. The van der Waals surface area contributed by atoms with Crippen molar-refractivity contribution in [2.24, 2.45) is 0 Å². The van der Waals surface area contributed by atoms with Gasteiger partial charge in [0.1, 0.15) is 26.2 Å². The second-order valence-electron chi connectivity index (χ2n) is 5.99. The van der Waals surface area contributed by atoms with Crippen molar-refractivity contribution in [1.82, 2.24) is 0 Å². The quantitative estimate of drug-likeness (QED) is 0.555. The normalized spacial score (nSPS) is 27.8. The van der Waals surface area contributed by atoms with Crippen LogP contribution in [0.1, 0.15) is 0 Å². The predicted octanol–water partition coefficient (Wildman–Crippen LogP) is 0.186. The second-order valence-corrected chi connectivity index (χ2v) is 5.99. The van der Waals surface area contributed by atoms with Gasteiger partial charge in [-0.05, 0) is 0 Å². The van der Waals surface area contributed by atoms with Crippen LogP contribution in [0, 0.1) is 0 Å². The first-order valence-corrected chi connectivity index (χ1v) is 6.21. The third-order valence-corrected chi connectivity index (χ3v) is 3.36. The zero-order valence-electron chi connectivity index (χ0n) is 11.4. The number of hydrogen-bond acceptors (Lipinski definition) is 2. The summed E-state index contributed by atoms with van der Waals surface area (Å²) in [6.45, 7) is 7.68. The molecule has 1 aliphatic heterocycles. The summed E-state index contributed by atoms with van der Waals surface area (Å²) < 4.78 is 13.4. The SMILES string of the molecule is C[N+]1(C)CCOCC[N+](C)(C)CCOCC1. The third-order valence-electron chi connectivity index (χ3n) is 3.36. The van der Waals surface area contributed by atoms with Gasteiger partial charge >= 0.3 is 0 Å². The number of rotatable bonds is 0. The average molecular weight is 232 g/mol. The van der Waals surface area contributed by atoms with Crippen molar-refractivity contribution in [2.45, 2.75) is 0 Å². The van der Waals surface area contributed by atoms with E-state index in [2.05, 4.69) is 28.2 Å². The van der Waals surface area contributed by atoms with Crippen molar-refractivity contribution in [3.05, 3.63) is 0 Å². The number of ether oxygens (including phenoxy) is 2. The van der Waals surface area contributed by atoms with Crippen LogP contribution in [0.3, 0.4) is 0 Å². The van der Waals surface area contributed by atoms with Gasteiger partial charge in [-0.25, -0.2) is 0 Å². The summed E-state index contributed by atoms with van der Waals surface area (Å²) in [6.07, 6.45) is 0. The highest BCUT2D eigenvalue weighted by Gasteiger charge is 2.18. The molecule has 1 rings (SSSR count). The summed E-state index contributed by atoms with van der Waals surface area (Å²) >= 11 is 0. The highest BCUT2D eigenvalue weighted by atomic mass is 16.5. The molecule has 0 unspecified atom stereocenters. The molecule has 0 aliphatic carbocycles. The van der Waals surface area contributed by atoms with E-state index in [1.807, 2.05) is 0 Å². The molecule has 4 heteroatoms. The molecular formula is C12H28N2O2+2. The van der Waals surface area contributed by atoms with Gasteiger partial charge in [0.2, 0.25) is 0 Å². The largest absolute Gasteiger partial charge is 0.370 e. The molecule has 1 aliphatic rings. The van der Waals surface area contributed by atoms with Gasteiger partial charge in [0.15, 0.2) is 0 Å². The molecule has 0 amide bonds. The molecule has 0 radical (unpaired) electrons. The Hall–Kier alpha value is -0.160. The molecule has 0 atom stereocenters. The maximum atomic E-state index is 5.71. The minimum atomic E-state index is 0.854. The molecule has 0 aromatic heterocycles. The van der Waals surface area contributed by atoms with Crippen LogP contribution in [0.15, 0.2) is 0 Å². The number of quaternary nitrogens is 2. The molecule has 16 heavy (non-hydrogen) atoms. The molecule has 4 nitrogen and oxygen atoms in total. The van der Waals surface area contributed by atoms with E-state index in [9.17, 15) is 0 Å². The van der Waals surface area contributed by atoms with Crippen LogP contribution in [-0.2, 0) is 9.47 Å². The summed E-state index contributed by atoms with van der Waals surface area (Å²) in [5.74, 6) is 0. The van der Waals surface area contributed by atoms with Gasteiger partial charge in [-0.1, -0.05) is 0 Å². The highest BCUT2D eigenvalue weighted by Crippen LogP contribution is 2.01. The first kappa shape index (κ1) is 13.9. The van der Waals surface area contributed by atoms with Gasteiger partial charge in [-0.15, -0.1) is 0 Å². The predicted molar refractivity (Wildman–Crippen MR) is 65.3 cm³/mol. The van der Waals surface area contributed by atoms with E-state index in [0.29, 0.717) is 0 Å². The topological polar surface area (TPSA) is 18.5 Å². The number of hydrogen-bond donors (Lipinski definition) is 0. The molecular weight excluding hydrogens is 204 g/mol. The van der Waals surface area contributed by atoms with Gasteiger partial charge in [-0.2, -0.15) is 0 Å². The molecule has 0 spiro atoms. The van der Waals surface area contributed by atoms with Crippen LogP contribution in [0.25, 0.3) is 0 Å². The Morgan fingerprint density at radius 3 is 1.06 bits per heavy atom. The Bertz CT molecular complexity index is 167. The molecule has 96 valence electrons. The standard InChI is InChI=1S/C12H28N2O2/c1-13(2)5-9-15-11-7-14(3,4)8-12-16-10-6-13/h5-12H2,1-4H3/q+2. The zero-order chi connectivity index (χ0) is 12.1. The fraction of sp³-hybridized carbons (Fsp3) is 1.00. The van der Waals surface area contributed by atoms with Crippen LogP contribution in [0.5, 0.6) is 0 Å². The van der Waals surface area contributed by atoms with Crippen molar-refractivity contribution in [3.63, 3.8) is 0 Å². The summed E-state index contributed by atoms with van der Waals surface area (Å²) in [5.41, 5.74) is 0. The average Bonchev–Trinajstić information content (AvgIpc) is 2.14. The van der Waals surface area contributed by atoms with Crippen LogP contribution >= 0.6 is 0 Å². The summed E-state index contributed by atoms with van der Waals surface area (Å²) in [6, 6.07) is 0. The molecule has 0 saturated carbocycles. The molecule has 1 saturated heterocycles. The van der Waals surface area contributed by atoms with Crippen LogP contribution in [0.2, 0.25) is 0 Å². The van der Waals surface area contributed by atoms with E-state index in [4.69, 9.17) is 9.47 Å². The first-order chi connectivity index (χ1) is 7.41. The maximum Gasteiger partial charge on any atom is 0.102 e. The van der Waals surface area contributed by atoms with E-state index >= 15 is 0 Å². The lowest BCUT2D eigenvalue weighted by molar-refractivity contribution is -0.898. The Balaban J connectivity index is 2.39. The van der Waals surface area contributed by atoms with Crippen molar-refractivity contribution < 1.29 is 18.4 Å². The Morgan fingerprint density at radius 2 is 0.812 bits per heavy atom. The molecule has 0 aromatic rings. The van der Waals surface area contributed by atoms with Crippen molar-refractivity contribution in [1.29, 1.82) is 0 Å². The smallest absolute Gasteiger partial charge is 0.102 e. The fourth-order valence-electron chi connectivity index (χ4n) is 1.67. The van der Waals surface area contributed by atoms with Gasteiger partial charge < -0.3 is 18.4 Å². The minimum absolute atomic E-state index is 0.854. The first-order valence-electron chi connectivity index (χ1n) is 6.21. The highest BCUT2D eigenvalue weighted by molar-refractivity contribution is 4.41. The molecule has 1 heterocycles. The zero-order valence-corrected chi connectivity index (χ0v) is 11.4. The molecule has 0 aromatic carbocycles. The van der Waals surface area contributed by atoms with Crippen molar-refractivity contribution >= 4 is 0 Å². The Kier molecular flexibility index (Phi) is 5.18. The third kappa shape index (κ3) is 5.80. The van der Waals surface area contributed by atoms with E-state index in [0.717, 1.165) is 61.6 Å². The van der Waals surface area contributed by atoms with Gasteiger partial charge in [0.05, 0.1) is 54.6 Å². The summed E-state index contributed by atoms with van der Waals surface area (Å²) in [4.78, 5) is 0. The van der Waals surface area contributed by atoms with E-state index in [1.54, 1.807) is 0 Å². The monoisotopic (exact) mass is 232 g/mol. The lowest BCUT2D eigenvalue weighted by Gasteiger charge is -2.32. The van der Waals surface area contributed by atoms with Gasteiger partial charge in [0, 0.05) is 0 Å². The van der Waals surface area contributed by atoms with E-state index in [1.165, 1.54) is 0 Å². The van der Waals surface area contributed by atoms with Gasteiger partial charge in [-0.3, -0.25) is 0 Å². The van der Waals surface area contributed by atoms with Crippen LogP contribution < -0.4 is 0 Å². The van der Waals surface area contributed by atoms with Crippen LogP contribution in [-0.4, -0.2) is 89.8 Å². The Morgan fingerprint density at radius 1 is 0.562 bits per heavy atom. The maximum absolute atomic E-state index is 5.71. The Labute approximate surface area is 99.9 Å². The fourth-order valence-corrected chi connectivity index (χ4v) is 1.67.